The van der Waals surface area contributed by atoms with Gasteiger partial charge < -0.3 is 21.1 Å². The molecule has 0 aliphatic rings. The second-order valence-corrected chi connectivity index (χ2v) is 4.98. The van der Waals surface area contributed by atoms with Crippen molar-refractivity contribution >= 4 is 22.3 Å². The van der Waals surface area contributed by atoms with Crippen LogP contribution < -0.4 is 11.1 Å². The smallest absolute Gasteiger partial charge is 0.394 e. The van der Waals surface area contributed by atoms with Crippen molar-refractivity contribution in [3.8, 4) is 0 Å². The number of imidazole rings is 1. The second-order valence-electron chi connectivity index (χ2n) is 4.08. The minimum Gasteiger partial charge on any atom is -0.480 e. The molecule has 1 amide bonds. The number of carbonyl (C=O) groups is 2. The van der Waals surface area contributed by atoms with Gasteiger partial charge >= 0.3 is 16.4 Å². The summed E-state index contributed by atoms with van der Waals surface area (Å²) in [7, 11) is -4.67. The zero-order valence-electron chi connectivity index (χ0n) is 11.5. The summed E-state index contributed by atoms with van der Waals surface area (Å²) in [6.45, 7) is 0.408. The Balaban J connectivity index is 0.000000763. The van der Waals surface area contributed by atoms with Gasteiger partial charge in [-0.05, 0) is 13.0 Å². The van der Waals surface area contributed by atoms with Crippen LogP contribution in [0.15, 0.2) is 12.5 Å². The number of aromatic amines is 1. The Morgan fingerprint density at radius 3 is 2.41 bits per heavy atom. The van der Waals surface area contributed by atoms with Gasteiger partial charge in [0.05, 0.1) is 6.33 Å². The van der Waals surface area contributed by atoms with Crippen LogP contribution in [-0.4, -0.2) is 57.1 Å². The maximum Gasteiger partial charge on any atom is 0.394 e. The fourth-order valence-electron chi connectivity index (χ4n) is 1.35. The van der Waals surface area contributed by atoms with Crippen LogP contribution in [-0.2, 0) is 26.4 Å². The second kappa shape index (κ2) is 9.83. The summed E-state index contributed by atoms with van der Waals surface area (Å²) in [4.78, 5) is 28.9. The van der Waals surface area contributed by atoms with E-state index in [-0.39, 0.29) is 18.7 Å². The van der Waals surface area contributed by atoms with Gasteiger partial charge in [-0.15, -0.1) is 0 Å². The molecule has 7 N–H and O–H groups in total. The minimum atomic E-state index is -4.67. The third kappa shape index (κ3) is 11.8. The topological polar surface area (TPSA) is 196 Å². The fraction of sp³-hybridized carbons (Fsp3) is 0.500. The van der Waals surface area contributed by atoms with Crippen molar-refractivity contribution in [2.24, 2.45) is 5.73 Å². The molecule has 1 unspecified atom stereocenters. The van der Waals surface area contributed by atoms with Crippen LogP contribution in [0.5, 0.6) is 0 Å². The van der Waals surface area contributed by atoms with Gasteiger partial charge in [0.1, 0.15) is 6.04 Å². The van der Waals surface area contributed by atoms with Gasteiger partial charge in [-0.1, -0.05) is 0 Å². The SMILES string of the molecule is NCCCC(=O)NC(Cc1cnc[nH]1)C(=O)O.O=S(=O)(O)O. The Morgan fingerprint density at radius 1 is 1.41 bits per heavy atom. The summed E-state index contributed by atoms with van der Waals surface area (Å²) < 4.78 is 31.6. The van der Waals surface area contributed by atoms with Crippen molar-refractivity contribution in [3.63, 3.8) is 0 Å². The molecule has 1 aromatic heterocycles. The molecule has 0 radical (unpaired) electrons. The average Bonchev–Trinajstić information content (AvgIpc) is 2.86. The predicted molar refractivity (Wildman–Crippen MR) is 74.3 cm³/mol. The van der Waals surface area contributed by atoms with Crippen LogP contribution in [0, 0.1) is 0 Å². The van der Waals surface area contributed by atoms with Gasteiger partial charge in [-0.25, -0.2) is 9.78 Å². The van der Waals surface area contributed by atoms with Crippen molar-refractivity contribution in [1.82, 2.24) is 15.3 Å². The minimum absolute atomic E-state index is 0.184. The first kappa shape index (κ1) is 20.0. The highest BCUT2D eigenvalue weighted by atomic mass is 32.3. The number of carbonyl (C=O) groups excluding carboxylic acids is 1. The molecule has 0 bridgehead atoms. The number of amides is 1. The first-order valence-electron chi connectivity index (χ1n) is 6.03. The van der Waals surface area contributed by atoms with Crippen LogP contribution >= 0.6 is 0 Å². The van der Waals surface area contributed by atoms with Crippen LogP contribution in [0.25, 0.3) is 0 Å². The van der Waals surface area contributed by atoms with Gasteiger partial charge in [0.25, 0.3) is 0 Å². The molecule has 126 valence electrons. The molecule has 0 fully saturated rings. The van der Waals surface area contributed by atoms with E-state index in [1.165, 1.54) is 12.5 Å². The van der Waals surface area contributed by atoms with Crippen molar-refractivity contribution in [3.05, 3.63) is 18.2 Å². The molecule has 1 atom stereocenters. The number of carboxylic acid groups (broad SMARTS) is 1. The summed E-state index contributed by atoms with van der Waals surface area (Å²) in [5.74, 6) is -1.37. The normalized spacial score (nSPS) is 12.0. The molecule has 1 aromatic rings. The zero-order valence-corrected chi connectivity index (χ0v) is 12.3. The van der Waals surface area contributed by atoms with E-state index in [0.717, 1.165) is 0 Å². The molecule has 0 aliphatic heterocycles. The molecule has 0 saturated heterocycles. The predicted octanol–water partition coefficient (Wildman–Crippen LogP) is -1.39. The highest BCUT2D eigenvalue weighted by molar-refractivity contribution is 7.79. The number of nitrogens with one attached hydrogen (secondary N) is 2. The third-order valence-electron chi connectivity index (χ3n) is 2.22. The van der Waals surface area contributed by atoms with Gasteiger partial charge in [0.2, 0.25) is 5.91 Å². The molecular formula is C10H18N4O7S. The fourth-order valence-corrected chi connectivity index (χ4v) is 1.35. The molecule has 1 heterocycles. The van der Waals surface area contributed by atoms with Gasteiger partial charge in [-0.2, -0.15) is 8.42 Å². The molecule has 1 rings (SSSR count). The van der Waals surface area contributed by atoms with E-state index in [4.69, 9.17) is 28.4 Å². The number of H-pyrrole nitrogens is 1. The Kier molecular flexibility index (Phi) is 8.93. The van der Waals surface area contributed by atoms with E-state index in [2.05, 4.69) is 15.3 Å². The number of aliphatic carboxylic acids is 1. The summed E-state index contributed by atoms with van der Waals surface area (Å²) in [5.41, 5.74) is 5.93. The van der Waals surface area contributed by atoms with Gasteiger partial charge in [0, 0.05) is 24.7 Å². The number of carboxylic acids is 1. The summed E-state index contributed by atoms with van der Waals surface area (Å²) in [6, 6.07) is -0.944. The maximum absolute atomic E-state index is 11.4. The van der Waals surface area contributed by atoms with E-state index in [1.54, 1.807) is 0 Å². The van der Waals surface area contributed by atoms with E-state index >= 15 is 0 Å². The Labute approximate surface area is 126 Å². The zero-order chi connectivity index (χ0) is 17.2. The number of nitrogens with two attached hydrogens (primary N) is 1. The molecule has 11 nitrogen and oxygen atoms in total. The Bertz CT molecular complexity index is 550. The van der Waals surface area contributed by atoms with Gasteiger partial charge in [-0.3, -0.25) is 13.9 Å². The van der Waals surface area contributed by atoms with Gasteiger partial charge in [0.15, 0.2) is 0 Å². The first-order chi connectivity index (χ1) is 10.1. The maximum atomic E-state index is 11.4. The number of rotatable bonds is 7. The molecule has 0 aliphatic carbocycles. The lowest BCUT2D eigenvalue weighted by Gasteiger charge is -2.13. The lowest BCUT2D eigenvalue weighted by molar-refractivity contribution is -0.141. The third-order valence-corrected chi connectivity index (χ3v) is 2.22. The number of aromatic nitrogens is 2. The van der Waals surface area contributed by atoms with Crippen LogP contribution in [0.2, 0.25) is 0 Å². The molecule has 12 heteroatoms. The van der Waals surface area contributed by atoms with Crippen LogP contribution in [0.4, 0.5) is 0 Å². The quantitative estimate of drug-likeness (QED) is 0.324. The Hall–Kier alpha value is -2.02. The van der Waals surface area contributed by atoms with E-state index in [1.807, 2.05) is 0 Å². The van der Waals surface area contributed by atoms with E-state index in [0.29, 0.717) is 18.7 Å². The molecule has 22 heavy (non-hydrogen) atoms. The molecule has 0 aromatic carbocycles. The van der Waals surface area contributed by atoms with Crippen LogP contribution in [0.3, 0.4) is 0 Å². The summed E-state index contributed by atoms with van der Waals surface area (Å²) >= 11 is 0. The first-order valence-corrected chi connectivity index (χ1v) is 7.42. The molecule has 0 spiro atoms. The Morgan fingerprint density at radius 2 is 2.00 bits per heavy atom. The number of hydrogen-bond acceptors (Lipinski definition) is 6. The molecular weight excluding hydrogens is 320 g/mol. The number of hydrogen-bond donors (Lipinski definition) is 6. The van der Waals surface area contributed by atoms with Crippen molar-refractivity contribution in [1.29, 1.82) is 0 Å². The largest absolute Gasteiger partial charge is 0.480 e. The van der Waals surface area contributed by atoms with Crippen molar-refractivity contribution < 1.29 is 32.2 Å². The summed E-state index contributed by atoms with van der Waals surface area (Å²) in [6.07, 6.45) is 3.96. The highest BCUT2D eigenvalue weighted by Crippen LogP contribution is 1.99. The van der Waals surface area contributed by atoms with Crippen molar-refractivity contribution in [2.75, 3.05) is 6.54 Å². The number of nitrogens with zero attached hydrogens (tertiary/aromatic N) is 1. The van der Waals surface area contributed by atoms with Crippen molar-refractivity contribution in [2.45, 2.75) is 25.3 Å². The molecule has 0 saturated carbocycles. The monoisotopic (exact) mass is 338 g/mol. The highest BCUT2D eigenvalue weighted by Gasteiger charge is 2.20. The summed E-state index contributed by atoms with van der Waals surface area (Å²) in [5, 5.41) is 11.4. The standard InChI is InChI=1S/C10H16N4O3.H2O4S/c11-3-1-2-9(15)14-8(10(16)17)4-7-5-12-6-13-7;1-5(2,3)4/h5-6,8H,1-4,11H2,(H,12,13)(H,14,15)(H,16,17);(H2,1,2,3,4). The van der Waals surface area contributed by atoms with Crippen LogP contribution in [0.1, 0.15) is 18.5 Å². The average molecular weight is 338 g/mol. The lowest BCUT2D eigenvalue weighted by atomic mass is 10.1. The lowest BCUT2D eigenvalue weighted by Crippen LogP contribution is -2.42. The van der Waals surface area contributed by atoms with E-state index < -0.39 is 22.4 Å². The van der Waals surface area contributed by atoms with E-state index in [9.17, 15) is 9.59 Å².